The molecule has 0 amide bonds. The van der Waals surface area contributed by atoms with E-state index in [-0.39, 0.29) is 63.1 Å². The molecule has 6 aliphatic carbocycles. The van der Waals surface area contributed by atoms with E-state index in [0.29, 0.717) is 0 Å². The topological polar surface area (TPSA) is 0 Å². The van der Waals surface area contributed by atoms with Crippen LogP contribution in [0, 0.1) is 0 Å². The van der Waals surface area contributed by atoms with Gasteiger partial charge in [0.25, 0.3) is 0 Å². The summed E-state index contributed by atoms with van der Waals surface area (Å²) in [4.78, 5) is 0. The van der Waals surface area contributed by atoms with Gasteiger partial charge in [0, 0.05) is 0 Å². The van der Waals surface area contributed by atoms with Gasteiger partial charge in [-0.3, -0.25) is 0 Å². The van der Waals surface area contributed by atoms with Crippen LogP contribution in [0.15, 0.2) is 72.9 Å². The molecule has 0 aromatic carbocycles. The summed E-state index contributed by atoms with van der Waals surface area (Å²) < 4.78 is 0. The molecule has 0 aromatic rings. The fourth-order valence-corrected chi connectivity index (χ4v) is 6.68. The standard InChI is InChI=1S/6C8H14.3ClH.In/c6*1-2-4-6-8-7-5-3-1;;;;/h6*1-2H,3-8H2;3*1H;/q;;;;;;;;;+3/p-3. The second-order valence-corrected chi connectivity index (χ2v) is 14.8. The average molecular weight is 882 g/mol. The zero-order chi connectivity index (χ0) is 33.9. The minimum atomic E-state index is 0. The molecule has 0 radical (unpaired) electrons. The largest absolute Gasteiger partial charge is 3.00 e. The smallest absolute Gasteiger partial charge is 1.00 e. The molecule has 0 bridgehead atoms. The van der Waals surface area contributed by atoms with Crippen LogP contribution in [0.25, 0.3) is 0 Å². The molecule has 6 rings (SSSR count). The molecule has 52 heavy (non-hydrogen) atoms. The molecule has 0 aromatic heterocycles. The van der Waals surface area contributed by atoms with Crippen molar-refractivity contribution >= 4 is 25.8 Å². The first kappa shape index (κ1) is 58.9. The van der Waals surface area contributed by atoms with Crippen molar-refractivity contribution in [2.75, 3.05) is 0 Å². The Hall–Kier alpha value is 0.180. The maximum Gasteiger partial charge on any atom is 3.00 e. The summed E-state index contributed by atoms with van der Waals surface area (Å²) in [5.41, 5.74) is 0. The summed E-state index contributed by atoms with van der Waals surface area (Å²) in [7, 11) is 0. The van der Waals surface area contributed by atoms with Crippen molar-refractivity contribution in [2.24, 2.45) is 0 Å². The maximum atomic E-state index is 2.32. The number of rotatable bonds is 0. The van der Waals surface area contributed by atoms with Crippen LogP contribution in [0.5, 0.6) is 0 Å². The predicted octanol–water partition coefficient (Wildman–Crippen LogP) is 8.01. The fourth-order valence-electron chi connectivity index (χ4n) is 6.68. The van der Waals surface area contributed by atoms with Crippen LogP contribution in [0.2, 0.25) is 0 Å². The Kier molecular flexibility index (Phi) is 62.9. The van der Waals surface area contributed by atoms with Crippen LogP contribution in [-0.4, -0.2) is 25.8 Å². The SMILES string of the molecule is C1=CCCCCCC1.C1=CCCCCCC1.C1=CCCCCCC1.C1=CCCCCCC1.C1=CCCCCCC1.C1=CCCCCCC1.[Cl-].[Cl-].[Cl-].[In+3]. The van der Waals surface area contributed by atoms with E-state index in [1.165, 1.54) is 231 Å². The van der Waals surface area contributed by atoms with Crippen molar-refractivity contribution in [1.29, 1.82) is 0 Å². The van der Waals surface area contributed by atoms with Crippen molar-refractivity contribution in [1.82, 2.24) is 0 Å². The molecule has 0 nitrogen and oxygen atoms in total. The molecule has 0 atom stereocenters. The number of allylic oxidation sites excluding steroid dienone is 12. The molecule has 0 unspecified atom stereocenters. The third kappa shape index (κ3) is 52.3. The van der Waals surface area contributed by atoms with Gasteiger partial charge in [-0.05, 0) is 154 Å². The Bertz CT molecular complexity index is 567. The monoisotopic (exact) mass is 880 g/mol. The molecular weight excluding hydrogens is 798 g/mol. The summed E-state index contributed by atoms with van der Waals surface area (Å²) in [6, 6.07) is 0. The molecular formula is C48H84Cl3In. The minimum Gasteiger partial charge on any atom is -1.00 e. The summed E-state index contributed by atoms with van der Waals surface area (Å²) in [6.07, 6.45) is 78.0. The van der Waals surface area contributed by atoms with Crippen molar-refractivity contribution in [3.63, 3.8) is 0 Å². The van der Waals surface area contributed by atoms with E-state index in [1.807, 2.05) is 0 Å². The first-order chi connectivity index (χ1) is 24.0. The third-order valence-electron chi connectivity index (χ3n) is 9.95. The molecule has 0 heterocycles. The molecule has 6 aliphatic rings. The van der Waals surface area contributed by atoms with Gasteiger partial charge in [0.05, 0.1) is 0 Å². The Balaban J connectivity index is -0.000000262. The van der Waals surface area contributed by atoms with Gasteiger partial charge in [0.15, 0.2) is 0 Å². The van der Waals surface area contributed by atoms with Crippen LogP contribution < -0.4 is 37.2 Å². The zero-order valence-corrected chi connectivity index (χ0v) is 39.7. The predicted molar refractivity (Wildman–Crippen MR) is 227 cm³/mol. The Morgan fingerprint density at radius 2 is 0.212 bits per heavy atom. The molecule has 0 aliphatic heterocycles. The number of hydrogen-bond acceptors (Lipinski definition) is 0. The summed E-state index contributed by atoms with van der Waals surface area (Å²) in [5, 5.41) is 0. The van der Waals surface area contributed by atoms with Gasteiger partial charge in [0.2, 0.25) is 0 Å². The van der Waals surface area contributed by atoms with Crippen molar-refractivity contribution in [3.05, 3.63) is 72.9 Å². The first-order valence-corrected chi connectivity index (χ1v) is 21.9. The van der Waals surface area contributed by atoms with E-state index in [2.05, 4.69) is 72.9 Å². The minimum absolute atomic E-state index is 0. The van der Waals surface area contributed by atoms with Gasteiger partial charge in [-0.25, -0.2) is 0 Å². The van der Waals surface area contributed by atoms with Crippen LogP contribution in [0.3, 0.4) is 0 Å². The molecule has 4 heteroatoms. The van der Waals surface area contributed by atoms with E-state index < -0.39 is 0 Å². The fraction of sp³-hybridized carbons (Fsp3) is 0.750. The second-order valence-electron chi connectivity index (χ2n) is 14.8. The van der Waals surface area contributed by atoms with Gasteiger partial charge in [-0.2, -0.15) is 0 Å². The zero-order valence-electron chi connectivity index (χ0n) is 34.1. The molecule has 0 saturated heterocycles. The quantitative estimate of drug-likeness (QED) is 0.217. The van der Waals surface area contributed by atoms with Gasteiger partial charge in [-0.15, -0.1) is 0 Å². The molecule has 0 spiro atoms. The summed E-state index contributed by atoms with van der Waals surface area (Å²) >= 11 is 0. The number of hydrogen-bond donors (Lipinski definition) is 0. The Labute approximate surface area is 364 Å². The van der Waals surface area contributed by atoms with Crippen molar-refractivity contribution in [3.8, 4) is 0 Å². The third-order valence-corrected chi connectivity index (χ3v) is 9.95. The average Bonchev–Trinajstić information content (AvgIpc) is 2.97. The van der Waals surface area contributed by atoms with E-state index in [4.69, 9.17) is 0 Å². The second kappa shape index (κ2) is 55.5. The Morgan fingerprint density at radius 3 is 0.288 bits per heavy atom. The summed E-state index contributed by atoms with van der Waals surface area (Å²) in [6.45, 7) is 0. The maximum absolute atomic E-state index is 2.32. The van der Waals surface area contributed by atoms with Crippen LogP contribution in [-0.2, 0) is 0 Å². The normalized spacial score (nSPS) is 20.3. The molecule has 0 saturated carbocycles. The van der Waals surface area contributed by atoms with Gasteiger partial charge in [0.1, 0.15) is 0 Å². The van der Waals surface area contributed by atoms with E-state index in [1.54, 1.807) is 0 Å². The van der Waals surface area contributed by atoms with E-state index in [9.17, 15) is 0 Å². The summed E-state index contributed by atoms with van der Waals surface area (Å²) in [5.74, 6) is 0. The number of halogens is 3. The van der Waals surface area contributed by atoms with Crippen molar-refractivity contribution in [2.45, 2.75) is 231 Å². The van der Waals surface area contributed by atoms with Crippen molar-refractivity contribution < 1.29 is 37.2 Å². The van der Waals surface area contributed by atoms with Gasteiger partial charge in [-0.1, -0.05) is 150 Å². The van der Waals surface area contributed by atoms with Crippen LogP contribution >= 0.6 is 0 Å². The molecule has 300 valence electrons. The van der Waals surface area contributed by atoms with Crippen LogP contribution in [0.1, 0.15) is 231 Å². The van der Waals surface area contributed by atoms with Gasteiger partial charge >= 0.3 is 25.8 Å². The van der Waals surface area contributed by atoms with Gasteiger partial charge < -0.3 is 37.2 Å². The first-order valence-electron chi connectivity index (χ1n) is 21.9. The Morgan fingerprint density at radius 1 is 0.135 bits per heavy atom. The van der Waals surface area contributed by atoms with Crippen LogP contribution in [0.4, 0.5) is 0 Å². The molecule has 0 N–H and O–H groups in total. The van der Waals surface area contributed by atoms with E-state index in [0.717, 1.165) is 0 Å². The molecule has 0 fully saturated rings. The van der Waals surface area contributed by atoms with E-state index >= 15 is 0 Å².